The average Bonchev–Trinajstić information content (AvgIpc) is 2.83. The maximum absolute atomic E-state index is 9.18. The topological polar surface area (TPSA) is 56.4 Å². The molecule has 104 valence electrons. The maximum Gasteiger partial charge on any atom is 0.166 e. The highest BCUT2D eigenvalue weighted by Crippen LogP contribution is 2.18. The van der Waals surface area contributed by atoms with E-state index in [1.807, 2.05) is 22.7 Å². The van der Waals surface area contributed by atoms with Crippen molar-refractivity contribution in [3.8, 4) is 6.07 Å². The van der Waals surface area contributed by atoms with Crippen LogP contribution in [-0.4, -0.2) is 47.0 Å². The first-order chi connectivity index (χ1) is 9.78. The second-order valence-corrected chi connectivity index (χ2v) is 5.85. The molecule has 0 amide bonds. The van der Waals surface area contributed by atoms with Gasteiger partial charge in [0.05, 0.1) is 5.52 Å². The Balaban J connectivity index is 1.83. The van der Waals surface area contributed by atoms with E-state index in [1.165, 1.54) is 0 Å². The minimum Gasteiger partial charge on any atom is -0.314 e. The molecule has 0 spiro atoms. The summed E-state index contributed by atoms with van der Waals surface area (Å²) in [6.07, 6.45) is 2.84. The zero-order chi connectivity index (χ0) is 13.9. The van der Waals surface area contributed by atoms with E-state index in [9.17, 15) is 5.26 Å². The number of hydrogen-bond acceptors (Lipinski definition) is 4. The SMILES string of the molecule is N#Cc1nc(CCN2CCNCC2)n2cc(Br)ccc12. The van der Waals surface area contributed by atoms with Crippen molar-refractivity contribution in [1.29, 1.82) is 5.26 Å². The molecule has 1 saturated heterocycles. The van der Waals surface area contributed by atoms with Crippen LogP contribution >= 0.6 is 15.9 Å². The first kappa shape index (κ1) is 13.6. The first-order valence-electron chi connectivity index (χ1n) is 6.77. The minimum absolute atomic E-state index is 0.507. The summed E-state index contributed by atoms with van der Waals surface area (Å²) in [5.41, 5.74) is 1.39. The van der Waals surface area contributed by atoms with Gasteiger partial charge in [-0.3, -0.25) is 0 Å². The van der Waals surface area contributed by atoms with Crippen molar-refractivity contribution >= 4 is 21.4 Å². The van der Waals surface area contributed by atoms with E-state index in [-0.39, 0.29) is 0 Å². The molecule has 1 aliphatic rings. The van der Waals surface area contributed by atoms with Gasteiger partial charge in [-0.1, -0.05) is 0 Å². The summed E-state index contributed by atoms with van der Waals surface area (Å²) in [5.74, 6) is 0.955. The molecule has 0 aromatic carbocycles. The highest BCUT2D eigenvalue weighted by molar-refractivity contribution is 9.10. The fourth-order valence-electron chi connectivity index (χ4n) is 2.57. The molecule has 2 aromatic heterocycles. The summed E-state index contributed by atoms with van der Waals surface area (Å²) in [7, 11) is 0. The van der Waals surface area contributed by atoms with E-state index in [2.05, 4.69) is 37.2 Å². The Labute approximate surface area is 126 Å². The van der Waals surface area contributed by atoms with Crippen LogP contribution in [0.1, 0.15) is 11.5 Å². The molecule has 0 radical (unpaired) electrons. The number of rotatable bonds is 3. The van der Waals surface area contributed by atoms with E-state index < -0.39 is 0 Å². The largest absolute Gasteiger partial charge is 0.314 e. The van der Waals surface area contributed by atoms with Crippen molar-refractivity contribution in [2.45, 2.75) is 6.42 Å². The van der Waals surface area contributed by atoms with Crippen molar-refractivity contribution in [2.75, 3.05) is 32.7 Å². The number of hydrogen-bond donors (Lipinski definition) is 1. The molecular formula is C14H16BrN5. The van der Waals surface area contributed by atoms with Gasteiger partial charge < -0.3 is 14.6 Å². The second-order valence-electron chi connectivity index (χ2n) is 4.93. The van der Waals surface area contributed by atoms with Gasteiger partial charge >= 0.3 is 0 Å². The Hall–Kier alpha value is -1.42. The van der Waals surface area contributed by atoms with Crippen molar-refractivity contribution < 1.29 is 0 Å². The molecule has 1 N–H and O–H groups in total. The van der Waals surface area contributed by atoms with Crippen LogP contribution in [0.5, 0.6) is 0 Å². The van der Waals surface area contributed by atoms with Crippen LogP contribution in [0.25, 0.3) is 5.52 Å². The van der Waals surface area contributed by atoms with E-state index in [0.29, 0.717) is 5.69 Å². The molecule has 1 fully saturated rings. The summed E-state index contributed by atoms with van der Waals surface area (Å²) in [6.45, 7) is 5.25. The smallest absolute Gasteiger partial charge is 0.166 e. The lowest BCUT2D eigenvalue weighted by Gasteiger charge is -2.26. The number of piperazine rings is 1. The predicted molar refractivity (Wildman–Crippen MR) is 80.6 cm³/mol. The number of imidazole rings is 1. The molecule has 1 aliphatic heterocycles. The molecule has 0 unspecified atom stereocenters. The molecule has 3 heterocycles. The van der Waals surface area contributed by atoms with Crippen LogP contribution in [0, 0.1) is 11.3 Å². The zero-order valence-electron chi connectivity index (χ0n) is 11.1. The van der Waals surface area contributed by atoms with Gasteiger partial charge in [-0.05, 0) is 28.1 Å². The van der Waals surface area contributed by atoms with Gasteiger partial charge in [0.25, 0.3) is 0 Å². The summed E-state index contributed by atoms with van der Waals surface area (Å²) in [6, 6.07) is 6.05. The molecule has 2 aromatic rings. The zero-order valence-corrected chi connectivity index (χ0v) is 12.7. The van der Waals surface area contributed by atoms with Crippen molar-refractivity contribution in [3.05, 3.63) is 34.3 Å². The molecule has 20 heavy (non-hydrogen) atoms. The molecule has 3 rings (SSSR count). The third kappa shape index (κ3) is 2.70. The number of halogens is 1. The number of nitrogens with one attached hydrogen (secondary N) is 1. The normalized spacial score (nSPS) is 16.4. The van der Waals surface area contributed by atoms with Crippen LogP contribution in [0.3, 0.4) is 0 Å². The van der Waals surface area contributed by atoms with Gasteiger partial charge in [-0.25, -0.2) is 4.98 Å². The maximum atomic E-state index is 9.18. The summed E-state index contributed by atoms with van der Waals surface area (Å²) in [5, 5.41) is 12.5. The van der Waals surface area contributed by atoms with Gasteiger partial charge in [0.15, 0.2) is 5.69 Å². The average molecular weight is 334 g/mol. The third-order valence-corrected chi connectivity index (χ3v) is 4.11. The Morgan fingerprint density at radius 3 is 2.90 bits per heavy atom. The van der Waals surface area contributed by atoms with Crippen molar-refractivity contribution in [2.24, 2.45) is 0 Å². The Kier molecular flexibility index (Phi) is 4.01. The summed E-state index contributed by atoms with van der Waals surface area (Å²) in [4.78, 5) is 6.90. The van der Waals surface area contributed by atoms with Gasteiger partial charge in [0, 0.05) is 49.8 Å². The molecule has 0 saturated carbocycles. The molecular weight excluding hydrogens is 318 g/mol. The lowest BCUT2D eigenvalue weighted by atomic mass is 10.3. The van der Waals surface area contributed by atoms with Crippen molar-refractivity contribution in [1.82, 2.24) is 19.6 Å². The Morgan fingerprint density at radius 1 is 1.35 bits per heavy atom. The van der Waals surface area contributed by atoms with Crippen LogP contribution in [0.2, 0.25) is 0 Å². The van der Waals surface area contributed by atoms with Gasteiger partial charge in [-0.15, -0.1) is 0 Å². The Bertz CT molecular complexity index is 651. The number of fused-ring (bicyclic) bond motifs is 1. The fourth-order valence-corrected chi connectivity index (χ4v) is 2.91. The standard InChI is InChI=1S/C14H16BrN5/c15-11-1-2-13-12(9-16)18-14(20(13)10-11)3-6-19-7-4-17-5-8-19/h1-2,10,17H,3-8H2. The minimum atomic E-state index is 0.507. The van der Waals surface area contributed by atoms with Crippen LogP contribution < -0.4 is 5.32 Å². The monoisotopic (exact) mass is 333 g/mol. The summed E-state index contributed by atoms with van der Waals surface area (Å²) >= 11 is 3.48. The molecule has 0 atom stereocenters. The first-order valence-corrected chi connectivity index (χ1v) is 7.57. The quantitative estimate of drug-likeness (QED) is 0.922. The van der Waals surface area contributed by atoms with E-state index >= 15 is 0 Å². The summed E-state index contributed by atoms with van der Waals surface area (Å²) < 4.78 is 3.01. The number of aromatic nitrogens is 2. The van der Waals surface area contributed by atoms with Crippen LogP contribution in [0.15, 0.2) is 22.8 Å². The highest BCUT2D eigenvalue weighted by Gasteiger charge is 2.14. The number of nitrogens with zero attached hydrogens (tertiary/aromatic N) is 4. The van der Waals surface area contributed by atoms with Gasteiger partial charge in [0.1, 0.15) is 11.9 Å². The molecule has 6 heteroatoms. The van der Waals surface area contributed by atoms with Gasteiger partial charge in [0.2, 0.25) is 0 Å². The Morgan fingerprint density at radius 2 is 2.15 bits per heavy atom. The predicted octanol–water partition coefficient (Wildman–Crippen LogP) is 1.42. The van der Waals surface area contributed by atoms with E-state index in [4.69, 9.17) is 0 Å². The molecule has 5 nitrogen and oxygen atoms in total. The lowest BCUT2D eigenvalue weighted by molar-refractivity contribution is 0.242. The highest BCUT2D eigenvalue weighted by atomic mass is 79.9. The second kappa shape index (κ2) is 5.92. The van der Waals surface area contributed by atoms with Crippen molar-refractivity contribution in [3.63, 3.8) is 0 Å². The molecule has 0 bridgehead atoms. The number of nitriles is 1. The lowest BCUT2D eigenvalue weighted by Crippen LogP contribution is -2.44. The van der Waals surface area contributed by atoms with E-state index in [1.54, 1.807) is 0 Å². The third-order valence-electron chi connectivity index (χ3n) is 3.64. The number of pyridine rings is 1. The fraction of sp³-hybridized carbons (Fsp3) is 0.429. The van der Waals surface area contributed by atoms with Crippen LogP contribution in [0.4, 0.5) is 0 Å². The van der Waals surface area contributed by atoms with Gasteiger partial charge in [-0.2, -0.15) is 5.26 Å². The van der Waals surface area contributed by atoms with Crippen LogP contribution in [-0.2, 0) is 6.42 Å². The van der Waals surface area contributed by atoms with E-state index in [0.717, 1.165) is 55.0 Å². The molecule has 0 aliphatic carbocycles.